The Balaban J connectivity index is 1.66. The summed E-state index contributed by atoms with van der Waals surface area (Å²) in [5.41, 5.74) is 3.79. The lowest BCUT2D eigenvalue weighted by Crippen LogP contribution is -2.13. The van der Waals surface area contributed by atoms with Crippen LogP contribution in [-0.4, -0.2) is 8.42 Å². The highest BCUT2D eigenvalue weighted by Gasteiger charge is 2.25. The number of rotatable bonds is 4. The highest BCUT2D eigenvalue weighted by molar-refractivity contribution is 7.92. The van der Waals surface area contributed by atoms with Crippen molar-refractivity contribution >= 4 is 37.5 Å². The Hall–Kier alpha value is -2.79. The van der Waals surface area contributed by atoms with Gasteiger partial charge in [-0.25, -0.2) is 8.42 Å². The number of furan rings is 1. The number of sulfonamides is 1. The van der Waals surface area contributed by atoms with E-state index in [1.807, 2.05) is 42.5 Å². The van der Waals surface area contributed by atoms with Gasteiger partial charge >= 0.3 is 0 Å². The van der Waals surface area contributed by atoms with Gasteiger partial charge in [0.25, 0.3) is 10.0 Å². The van der Waals surface area contributed by atoms with Crippen molar-refractivity contribution in [3.05, 3.63) is 71.5 Å². The first-order valence-electron chi connectivity index (χ1n) is 10.5. The van der Waals surface area contributed by atoms with Crippen molar-refractivity contribution in [3.63, 3.8) is 0 Å². The first kappa shape index (κ1) is 19.2. The molecular weight excluding hydrogens is 394 g/mol. The van der Waals surface area contributed by atoms with Crippen LogP contribution in [0.1, 0.15) is 37.2 Å². The van der Waals surface area contributed by atoms with E-state index in [1.165, 1.54) is 5.56 Å². The Bertz CT molecular complexity index is 1350. The van der Waals surface area contributed by atoms with Gasteiger partial charge in [-0.3, -0.25) is 4.72 Å². The average molecular weight is 420 g/mol. The third-order valence-electron chi connectivity index (χ3n) is 6.19. The first-order valence-corrected chi connectivity index (χ1v) is 12.0. The zero-order valence-electron chi connectivity index (χ0n) is 17.2. The third-order valence-corrected chi connectivity index (χ3v) is 7.57. The van der Waals surface area contributed by atoms with E-state index in [0.717, 1.165) is 58.7 Å². The molecule has 1 N–H and O–H groups in total. The molecule has 1 atom stereocenters. The summed E-state index contributed by atoms with van der Waals surface area (Å²) in [5, 5.41) is 2.81. The molecule has 0 radical (unpaired) electrons. The van der Waals surface area contributed by atoms with Crippen LogP contribution in [0, 0.1) is 5.92 Å². The van der Waals surface area contributed by atoms with Crippen LogP contribution in [0.25, 0.3) is 21.7 Å². The summed E-state index contributed by atoms with van der Waals surface area (Å²) in [6, 6.07) is 16.9. The molecule has 0 saturated carbocycles. The molecule has 0 unspecified atom stereocenters. The average Bonchev–Trinajstić information content (AvgIpc) is 3.11. The van der Waals surface area contributed by atoms with Gasteiger partial charge < -0.3 is 4.42 Å². The lowest BCUT2D eigenvalue weighted by Gasteiger charge is -2.17. The van der Waals surface area contributed by atoms with Crippen LogP contribution in [0.2, 0.25) is 0 Å². The standard InChI is InChI=1S/C25H25NO3S/c1-3-17-9-11-18(12-10-17)30(27,28)26-23-15-22-21-14-16(2)8-13-24(21)29-25(22)20-7-5-4-6-19(20)23/h4-7,9-12,15-16,26H,3,8,13-14H2,1-2H3/t16-/m0/s1. The second-order valence-corrected chi connectivity index (χ2v) is 9.98. The van der Waals surface area contributed by atoms with E-state index < -0.39 is 10.0 Å². The third kappa shape index (κ3) is 3.18. The topological polar surface area (TPSA) is 59.3 Å². The fraction of sp³-hybridized carbons (Fsp3) is 0.280. The van der Waals surface area contributed by atoms with Gasteiger partial charge in [-0.2, -0.15) is 0 Å². The van der Waals surface area contributed by atoms with E-state index in [2.05, 4.69) is 18.6 Å². The molecule has 5 rings (SSSR count). The molecule has 4 nitrogen and oxygen atoms in total. The molecule has 0 bridgehead atoms. The molecule has 1 heterocycles. The summed E-state index contributed by atoms with van der Waals surface area (Å²) < 4.78 is 35.4. The van der Waals surface area contributed by atoms with Gasteiger partial charge in [0.05, 0.1) is 10.6 Å². The van der Waals surface area contributed by atoms with Crippen molar-refractivity contribution in [1.29, 1.82) is 0 Å². The Kier molecular flexibility index (Phi) is 4.58. The van der Waals surface area contributed by atoms with Gasteiger partial charge in [-0.15, -0.1) is 0 Å². The number of aryl methyl sites for hydroxylation is 2. The second kappa shape index (κ2) is 7.17. The van der Waals surface area contributed by atoms with Gasteiger partial charge in [-0.05, 0) is 48.9 Å². The number of hydrogen-bond acceptors (Lipinski definition) is 3. The van der Waals surface area contributed by atoms with Crippen LogP contribution in [0.3, 0.4) is 0 Å². The van der Waals surface area contributed by atoms with Gasteiger partial charge in [0.15, 0.2) is 0 Å². The highest BCUT2D eigenvalue weighted by atomic mass is 32.2. The molecule has 30 heavy (non-hydrogen) atoms. The zero-order valence-corrected chi connectivity index (χ0v) is 18.1. The van der Waals surface area contributed by atoms with Crippen molar-refractivity contribution in [2.24, 2.45) is 5.92 Å². The Morgan fingerprint density at radius 1 is 1.03 bits per heavy atom. The molecule has 0 aliphatic heterocycles. The summed E-state index contributed by atoms with van der Waals surface area (Å²) in [7, 11) is -3.69. The summed E-state index contributed by atoms with van der Waals surface area (Å²) in [6.07, 6.45) is 3.90. The minimum Gasteiger partial charge on any atom is -0.460 e. The fourth-order valence-corrected chi connectivity index (χ4v) is 5.53. The maximum atomic E-state index is 13.1. The van der Waals surface area contributed by atoms with Crippen molar-refractivity contribution < 1.29 is 12.8 Å². The smallest absolute Gasteiger partial charge is 0.261 e. The molecule has 5 heteroatoms. The molecule has 1 aliphatic rings. The maximum absolute atomic E-state index is 13.1. The molecule has 0 saturated heterocycles. The largest absolute Gasteiger partial charge is 0.460 e. The summed E-state index contributed by atoms with van der Waals surface area (Å²) in [6.45, 7) is 4.31. The van der Waals surface area contributed by atoms with Crippen molar-refractivity contribution in [2.75, 3.05) is 4.72 Å². The van der Waals surface area contributed by atoms with Crippen LogP contribution in [0.5, 0.6) is 0 Å². The van der Waals surface area contributed by atoms with Gasteiger partial charge in [-0.1, -0.05) is 50.2 Å². The van der Waals surface area contributed by atoms with Crippen molar-refractivity contribution in [3.8, 4) is 0 Å². The van der Waals surface area contributed by atoms with E-state index in [4.69, 9.17) is 4.42 Å². The van der Waals surface area contributed by atoms with Crippen LogP contribution in [0.4, 0.5) is 5.69 Å². The summed E-state index contributed by atoms with van der Waals surface area (Å²) in [4.78, 5) is 0.270. The minimum absolute atomic E-state index is 0.270. The molecule has 0 amide bonds. The van der Waals surface area contributed by atoms with Crippen molar-refractivity contribution in [1.82, 2.24) is 0 Å². The molecule has 0 fully saturated rings. The van der Waals surface area contributed by atoms with E-state index in [9.17, 15) is 8.42 Å². The lowest BCUT2D eigenvalue weighted by molar-refractivity contribution is 0.439. The summed E-state index contributed by atoms with van der Waals surface area (Å²) >= 11 is 0. The number of fused-ring (bicyclic) bond motifs is 5. The van der Waals surface area contributed by atoms with E-state index in [1.54, 1.807) is 12.1 Å². The molecular formula is C25H25NO3S. The molecule has 4 aromatic rings. The van der Waals surface area contributed by atoms with E-state index >= 15 is 0 Å². The van der Waals surface area contributed by atoms with E-state index in [-0.39, 0.29) is 4.90 Å². The highest BCUT2D eigenvalue weighted by Crippen LogP contribution is 2.40. The Morgan fingerprint density at radius 2 is 1.77 bits per heavy atom. The van der Waals surface area contributed by atoms with Crippen LogP contribution in [-0.2, 0) is 29.3 Å². The fourth-order valence-electron chi connectivity index (χ4n) is 4.46. The summed E-state index contributed by atoms with van der Waals surface area (Å²) in [5.74, 6) is 1.64. The Labute approximate surface area is 177 Å². The van der Waals surface area contributed by atoms with Crippen LogP contribution in [0.15, 0.2) is 63.9 Å². The molecule has 1 aliphatic carbocycles. The van der Waals surface area contributed by atoms with Gasteiger partial charge in [0.1, 0.15) is 11.3 Å². The molecule has 154 valence electrons. The quantitative estimate of drug-likeness (QED) is 0.436. The minimum atomic E-state index is -3.69. The number of anilines is 1. The molecule has 1 aromatic heterocycles. The van der Waals surface area contributed by atoms with Gasteiger partial charge in [0.2, 0.25) is 0 Å². The second-order valence-electron chi connectivity index (χ2n) is 8.30. The molecule has 0 spiro atoms. The molecule has 3 aromatic carbocycles. The predicted octanol–water partition coefficient (Wildman–Crippen LogP) is 6.07. The normalized spacial score (nSPS) is 16.7. The van der Waals surface area contributed by atoms with Crippen molar-refractivity contribution in [2.45, 2.75) is 44.4 Å². The number of nitrogens with one attached hydrogen (secondary N) is 1. The van der Waals surface area contributed by atoms with Crippen LogP contribution >= 0.6 is 0 Å². The number of hydrogen-bond donors (Lipinski definition) is 1. The van der Waals surface area contributed by atoms with Gasteiger partial charge in [0, 0.05) is 28.1 Å². The SMILES string of the molecule is CCc1ccc(S(=O)(=O)Nc2cc3c4c(oc3c3ccccc23)CC[C@H](C)C4)cc1. The Morgan fingerprint density at radius 3 is 2.50 bits per heavy atom. The monoisotopic (exact) mass is 419 g/mol. The van der Waals surface area contributed by atoms with Crippen LogP contribution < -0.4 is 4.72 Å². The zero-order chi connectivity index (χ0) is 20.9. The maximum Gasteiger partial charge on any atom is 0.261 e. The predicted molar refractivity (Wildman–Crippen MR) is 122 cm³/mol. The first-order chi connectivity index (χ1) is 14.5. The van der Waals surface area contributed by atoms with E-state index in [0.29, 0.717) is 11.6 Å². The number of benzene rings is 3. The lowest BCUT2D eigenvalue weighted by atomic mass is 9.87.